The molecule has 2 aromatic rings. The average molecular weight is 350 g/mol. The Hall–Kier alpha value is -2.47. The molecule has 2 aromatic carbocycles. The second-order valence-electron chi connectivity index (χ2n) is 5.22. The van der Waals surface area contributed by atoms with Gasteiger partial charge in [-0.15, -0.1) is 0 Å². The monoisotopic (exact) mass is 349 g/mol. The fourth-order valence-corrected chi connectivity index (χ4v) is 2.50. The maximum Gasteiger partial charge on any atom is 0.231 e. The molecule has 0 amide bonds. The smallest absolute Gasteiger partial charge is 0.231 e. The number of nitrogens with zero attached hydrogens (tertiary/aromatic N) is 1. The summed E-state index contributed by atoms with van der Waals surface area (Å²) in [5, 5.41) is 6.47. The van der Waals surface area contributed by atoms with Crippen LogP contribution in [0.25, 0.3) is 0 Å². The molecule has 1 heterocycles. The van der Waals surface area contributed by atoms with Crippen molar-refractivity contribution in [3.63, 3.8) is 0 Å². The zero-order valence-corrected chi connectivity index (χ0v) is 13.9. The van der Waals surface area contributed by atoms with E-state index < -0.39 is 5.82 Å². The van der Waals surface area contributed by atoms with Gasteiger partial charge in [-0.05, 0) is 35.4 Å². The standard InChI is InChI=1S/C17H17ClFN3O2/c1-20-17(21-8-11-2-4-14(19)13(18)6-11)22-9-12-3-5-15-16(7-12)24-10-23-15/h2-7H,8-10H2,1H3,(H2,20,21,22). The molecular weight excluding hydrogens is 333 g/mol. The number of ether oxygens (including phenoxy) is 2. The van der Waals surface area contributed by atoms with Gasteiger partial charge in [0.1, 0.15) is 5.82 Å². The Labute approximate surface area is 144 Å². The van der Waals surface area contributed by atoms with E-state index in [1.54, 1.807) is 19.2 Å². The minimum atomic E-state index is -0.425. The van der Waals surface area contributed by atoms with Gasteiger partial charge in [0, 0.05) is 20.1 Å². The van der Waals surface area contributed by atoms with Crippen LogP contribution in [-0.4, -0.2) is 19.8 Å². The van der Waals surface area contributed by atoms with E-state index >= 15 is 0 Å². The Morgan fingerprint density at radius 3 is 2.46 bits per heavy atom. The van der Waals surface area contributed by atoms with Gasteiger partial charge < -0.3 is 20.1 Å². The van der Waals surface area contributed by atoms with Crippen molar-refractivity contribution in [2.75, 3.05) is 13.8 Å². The highest BCUT2D eigenvalue weighted by molar-refractivity contribution is 6.30. The SMILES string of the molecule is CN=C(NCc1ccc(F)c(Cl)c1)NCc1ccc2c(c1)OCO2. The summed E-state index contributed by atoms with van der Waals surface area (Å²) in [6.07, 6.45) is 0. The van der Waals surface area contributed by atoms with Crippen molar-refractivity contribution >= 4 is 17.6 Å². The molecule has 1 aliphatic heterocycles. The van der Waals surface area contributed by atoms with E-state index in [4.69, 9.17) is 21.1 Å². The van der Waals surface area contributed by atoms with Gasteiger partial charge in [0.05, 0.1) is 5.02 Å². The summed E-state index contributed by atoms with van der Waals surface area (Å²) >= 11 is 5.78. The van der Waals surface area contributed by atoms with Crippen LogP contribution >= 0.6 is 11.6 Å². The van der Waals surface area contributed by atoms with Crippen molar-refractivity contribution in [2.45, 2.75) is 13.1 Å². The number of halogens is 2. The fourth-order valence-electron chi connectivity index (χ4n) is 2.29. The third kappa shape index (κ3) is 3.89. The lowest BCUT2D eigenvalue weighted by Gasteiger charge is -2.12. The summed E-state index contributed by atoms with van der Waals surface area (Å²) in [7, 11) is 1.69. The van der Waals surface area contributed by atoms with E-state index in [2.05, 4.69) is 15.6 Å². The lowest BCUT2D eigenvalue weighted by molar-refractivity contribution is 0.174. The molecule has 0 saturated heterocycles. The topological polar surface area (TPSA) is 54.9 Å². The Morgan fingerprint density at radius 1 is 1.08 bits per heavy atom. The van der Waals surface area contributed by atoms with Gasteiger partial charge in [0.2, 0.25) is 6.79 Å². The van der Waals surface area contributed by atoms with Crippen molar-refractivity contribution in [1.82, 2.24) is 10.6 Å². The number of nitrogens with one attached hydrogen (secondary N) is 2. The molecule has 0 radical (unpaired) electrons. The van der Waals surface area contributed by atoms with Gasteiger partial charge in [-0.25, -0.2) is 4.39 Å². The van der Waals surface area contributed by atoms with Crippen LogP contribution in [0.3, 0.4) is 0 Å². The molecule has 0 unspecified atom stereocenters. The van der Waals surface area contributed by atoms with Crippen LogP contribution in [0.15, 0.2) is 41.4 Å². The Balaban J connectivity index is 1.54. The molecule has 0 fully saturated rings. The van der Waals surface area contributed by atoms with E-state index in [1.165, 1.54) is 6.07 Å². The minimum Gasteiger partial charge on any atom is -0.454 e. The van der Waals surface area contributed by atoms with Gasteiger partial charge in [0.15, 0.2) is 17.5 Å². The van der Waals surface area contributed by atoms with Crippen molar-refractivity contribution in [3.05, 3.63) is 58.4 Å². The van der Waals surface area contributed by atoms with E-state index in [0.29, 0.717) is 19.0 Å². The third-order valence-electron chi connectivity index (χ3n) is 3.56. The van der Waals surface area contributed by atoms with Crippen LogP contribution in [0.2, 0.25) is 5.02 Å². The van der Waals surface area contributed by atoms with Crippen LogP contribution in [0, 0.1) is 5.82 Å². The average Bonchev–Trinajstić information content (AvgIpc) is 3.06. The number of fused-ring (bicyclic) bond motifs is 1. The zero-order valence-electron chi connectivity index (χ0n) is 13.1. The summed E-state index contributed by atoms with van der Waals surface area (Å²) in [6.45, 7) is 1.33. The highest BCUT2D eigenvalue weighted by Crippen LogP contribution is 2.32. The molecule has 126 valence electrons. The molecule has 3 rings (SSSR count). The van der Waals surface area contributed by atoms with Crippen molar-refractivity contribution in [3.8, 4) is 11.5 Å². The van der Waals surface area contributed by atoms with Crippen LogP contribution in [0.1, 0.15) is 11.1 Å². The fraction of sp³-hybridized carbons (Fsp3) is 0.235. The van der Waals surface area contributed by atoms with Crippen molar-refractivity contribution in [1.29, 1.82) is 0 Å². The molecule has 2 N–H and O–H groups in total. The predicted molar refractivity (Wildman–Crippen MR) is 91.0 cm³/mol. The Kier molecular flexibility index (Phi) is 5.05. The molecule has 24 heavy (non-hydrogen) atoms. The predicted octanol–water partition coefficient (Wildman–Crippen LogP) is 3.07. The summed E-state index contributed by atoms with van der Waals surface area (Å²) < 4.78 is 23.8. The van der Waals surface area contributed by atoms with Crippen LogP contribution in [0.4, 0.5) is 4.39 Å². The van der Waals surface area contributed by atoms with Gasteiger partial charge >= 0.3 is 0 Å². The quantitative estimate of drug-likeness (QED) is 0.658. The summed E-state index contributed by atoms with van der Waals surface area (Å²) in [4.78, 5) is 4.16. The first-order valence-corrected chi connectivity index (χ1v) is 7.80. The second kappa shape index (κ2) is 7.40. The first-order chi connectivity index (χ1) is 11.7. The maximum absolute atomic E-state index is 13.2. The summed E-state index contributed by atoms with van der Waals surface area (Å²) in [5.41, 5.74) is 1.92. The number of rotatable bonds is 4. The number of hydrogen-bond acceptors (Lipinski definition) is 3. The first-order valence-electron chi connectivity index (χ1n) is 7.42. The number of guanidine groups is 1. The highest BCUT2D eigenvalue weighted by Gasteiger charge is 2.13. The molecule has 0 bridgehead atoms. The van der Waals surface area contributed by atoms with Crippen LogP contribution in [-0.2, 0) is 13.1 Å². The van der Waals surface area contributed by atoms with Crippen LogP contribution in [0.5, 0.6) is 11.5 Å². The van der Waals surface area contributed by atoms with Crippen molar-refractivity contribution in [2.24, 2.45) is 4.99 Å². The number of aliphatic imine (C=N–C) groups is 1. The zero-order chi connectivity index (χ0) is 16.9. The van der Waals surface area contributed by atoms with E-state index in [9.17, 15) is 4.39 Å². The molecule has 0 aliphatic carbocycles. The normalized spacial score (nSPS) is 13.0. The molecule has 0 aromatic heterocycles. The largest absolute Gasteiger partial charge is 0.454 e. The summed E-state index contributed by atoms with van der Waals surface area (Å²) in [6, 6.07) is 10.4. The van der Waals surface area contributed by atoms with Crippen molar-refractivity contribution < 1.29 is 13.9 Å². The molecule has 7 heteroatoms. The molecule has 1 aliphatic rings. The van der Waals surface area contributed by atoms with Gasteiger partial charge in [-0.2, -0.15) is 0 Å². The lowest BCUT2D eigenvalue weighted by Crippen LogP contribution is -2.36. The number of benzene rings is 2. The molecular formula is C17H17ClFN3O2. The van der Waals surface area contributed by atoms with Gasteiger partial charge in [-0.1, -0.05) is 23.7 Å². The maximum atomic E-state index is 13.2. The highest BCUT2D eigenvalue weighted by atomic mass is 35.5. The third-order valence-corrected chi connectivity index (χ3v) is 3.85. The minimum absolute atomic E-state index is 0.109. The van der Waals surface area contributed by atoms with E-state index in [0.717, 1.165) is 22.6 Å². The first kappa shape index (κ1) is 16.4. The lowest BCUT2D eigenvalue weighted by atomic mass is 10.2. The molecule has 0 atom stereocenters. The molecule has 0 spiro atoms. The Morgan fingerprint density at radius 2 is 1.75 bits per heavy atom. The summed E-state index contributed by atoms with van der Waals surface area (Å²) in [5.74, 6) is 1.71. The van der Waals surface area contributed by atoms with E-state index in [-0.39, 0.29) is 11.8 Å². The van der Waals surface area contributed by atoms with Crippen LogP contribution < -0.4 is 20.1 Å². The number of hydrogen-bond donors (Lipinski definition) is 2. The van der Waals surface area contributed by atoms with Gasteiger partial charge in [-0.3, -0.25) is 4.99 Å². The van der Waals surface area contributed by atoms with E-state index in [1.807, 2.05) is 18.2 Å². The molecule has 0 saturated carbocycles. The van der Waals surface area contributed by atoms with Gasteiger partial charge in [0.25, 0.3) is 0 Å². The second-order valence-corrected chi connectivity index (χ2v) is 5.62. The molecule has 5 nitrogen and oxygen atoms in total. The Bertz CT molecular complexity index is 767.